The molecule has 19 heavy (non-hydrogen) atoms. The zero-order valence-corrected chi connectivity index (χ0v) is 12.0. The Hall–Kier alpha value is -0.530. The van der Waals surface area contributed by atoms with E-state index in [-0.39, 0.29) is 13.0 Å². The highest BCUT2D eigenvalue weighted by atomic mass is 31.3. The van der Waals surface area contributed by atoms with Crippen LogP contribution in [0.2, 0.25) is 0 Å². The minimum Gasteiger partial charge on any atom is -0.460 e. The Kier molecular flexibility index (Phi) is 7.69. The van der Waals surface area contributed by atoms with E-state index in [1.54, 1.807) is 6.92 Å². The molecule has 0 fully saturated rings. The molecular weight excluding hydrogens is 302 g/mol. The predicted molar refractivity (Wildman–Crippen MR) is 63.9 cm³/mol. The predicted octanol–water partition coefficient (Wildman–Crippen LogP) is 1.11. The fourth-order valence-electron chi connectivity index (χ4n) is 1.01. The number of phosphoric acid groups is 2. The Labute approximate surface area is 110 Å². The van der Waals surface area contributed by atoms with Crippen molar-refractivity contribution in [2.75, 3.05) is 6.61 Å². The van der Waals surface area contributed by atoms with Gasteiger partial charge in [0, 0.05) is 6.08 Å². The van der Waals surface area contributed by atoms with E-state index in [0.717, 1.165) is 6.08 Å². The molecule has 9 nitrogen and oxygen atoms in total. The molecule has 0 radical (unpaired) electrons. The van der Waals surface area contributed by atoms with Gasteiger partial charge in [0.1, 0.15) is 0 Å². The molecule has 112 valence electrons. The molecule has 0 heterocycles. The van der Waals surface area contributed by atoms with Crippen LogP contribution in [-0.2, 0) is 27.5 Å². The normalized spacial score (nSPS) is 16.4. The van der Waals surface area contributed by atoms with Crippen molar-refractivity contribution in [1.29, 1.82) is 0 Å². The van der Waals surface area contributed by atoms with Crippen LogP contribution < -0.4 is 0 Å². The number of hydrogen-bond acceptors (Lipinski definition) is 6. The number of carbonyl (C=O) groups is 1. The highest BCUT2D eigenvalue weighted by Crippen LogP contribution is 2.57. The number of ether oxygens (including phenoxy) is 1. The molecule has 2 atom stereocenters. The summed E-state index contributed by atoms with van der Waals surface area (Å²) in [7, 11) is -9.89. The minimum atomic E-state index is -5.10. The van der Waals surface area contributed by atoms with E-state index in [1.165, 1.54) is 0 Å². The number of hydrogen-bond donors (Lipinski definition) is 3. The summed E-state index contributed by atoms with van der Waals surface area (Å²) in [5.41, 5.74) is 0. The average Bonchev–Trinajstić information content (AvgIpc) is 2.20. The quantitative estimate of drug-likeness (QED) is 0.247. The van der Waals surface area contributed by atoms with Gasteiger partial charge in [-0.1, -0.05) is 6.58 Å². The standard InChI is InChI=1S/C8H16O9P2/c1-3-8(9)16-7(2)5-4-6-15-19(13,14)17-18(10,11)12/h3,7H,1,4-6H2,2H3,(H,13,14)(H2,10,11,12). The molecule has 0 aromatic carbocycles. The van der Waals surface area contributed by atoms with Gasteiger partial charge in [0.15, 0.2) is 0 Å². The SMILES string of the molecule is C=CC(=O)OC(C)CCCOP(=O)(O)OP(=O)(O)O. The molecule has 0 aliphatic carbocycles. The fraction of sp³-hybridized carbons (Fsp3) is 0.625. The summed E-state index contributed by atoms with van der Waals surface area (Å²) < 4.78 is 34.1. The van der Waals surface area contributed by atoms with Crippen LogP contribution in [0.25, 0.3) is 0 Å². The van der Waals surface area contributed by atoms with Gasteiger partial charge in [-0.05, 0) is 19.8 Å². The molecule has 0 saturated carbocycles. The van der Waals surface area contributed by atoms with Gasteiger partial charge >= 0.3 is 21.6 Å². The molecule has 0 aromatic rings. The Balaban J connectivity index is 3.91. The van der Waals surface area contributed by atoms with Gasteiger partial charge in [0.05, 0.1) is 12.7 Å². The van der Waals surface area contributed by atoms with Crippen LogP contribution in [-0.4, -0.2) is 33.4 Å². The summed E-state index contributed by atoms with van der Waals surface area (Å²) in [4.78, 5) is 36.4. The van der Waals surface area contributed by atoms with Gasteiger partial charge in [-0.2, -0.15) is 4.31 Å². The summed E-state index contributed by atoms with van der Waals surface area (Å²) in [6.45, 7) is 4.53. The Morgan fingerprint density at radius 3 is 2.42 bits per heavy atom. The van der Waals surface area contributed by atoms with Gasteiger partial charge in [-0.3, -0.25) is 4.52 Å². The molecule has 0 spiro atoms. The zero-order valence-electron chi connectivity index (χ0n) is 10.2. The van der Waals surface area contributed by atoms with Crippen LogP contribution >= 0.6 is 15.6 Å². The van der Waals surface area contributed by atoms with Gasteiger partial charge in [-0.25, -0.2) is 13.9 Å². The second-order valence-corrected chi connectivity index (χ2v) is 6.30. The number of carbonyl (C=O) groups excluding carboxylic acids is 1. The van der Waals surface area contributed by atoms with E-state index in [1.807, 2.05) is 0 Å². The average molecular weight is 318 g/mol. The molecular formula is C8H16O9P2. The van der Waals surface area contributed by atoms with E-state index < -0.39 is 27.7 Å². The second kappa shape index (κ2) is 7.91. The molecule has 11 heteroatoms. The van der Waals surface area contributed by atoms with Crippen LogP contribution in [0.4, 0.5) is 0 Å². The first-order chi connectivity index (χ1) is 8.56. The highest BCUT2D eigenvalue weighted by molar-refractivity contribution is 7.60. The summed E-state index contributed by atoms with van der Waals surface area (Å²) in [5, 5.41) is 0. The van der Waals surface area contributed by atoms with Crippen LogP contribution in [0.15, 0.2) is 12.7 Å². The first kappa shape index (κ1) is 18.5. The van der Waals surface area contributed by atoms with Crippen molar-refractivity contribution >= 4 is 21.6 Å². The first-order valence-corrected chi connectivity index (χ1v) is 8.15. The third kappa shape index (κ3) is 11.0. The second-order valence-electron chi connectivity index (χ2n) is 3.47. The molecule has 3 N–H and O–H groups in total. The van der Waals surface area contributed by atoms with Crippen molar-refractivity contribution in [1.82, 2.24) is 0 Å². The fourth-order valence-corrected chi connectivity index (χ4v) is 2.64. The van der Waals surface area contributed by atoms with Crippen LogP contribution in [0.1, 0.15) is 19.8 Å². The first-order valence-electron chi connectivity index (χ1n) is 5.13. The molecule has 0 aliphatic heterocycles. The van der Waals surface area contributed by atoms with Crippen molar-refractivity contribution in [3.8, 4) is 0 Å². The lowest BCUT2D eigenvalue weighted by Crippen LogP contribution is -2.13. The number of rotatable bonds is 9. The summed E-state index contributed by atoms with van der Waals surface area (Å²) in [6.07, 6.45) is 1.11. The topological polar surface area (TPSA) is 140 Å². The lowest BCUT2D eigenvalue weighted by Gasteiger charge is -2.14. The molecule has 0 amide bonds. The summed E-state index contributed by atoms with van der Waals surface area (Å²) in [6, 6.07) is 0. The van der Waals surface area contributed by atoms with E-state index in [2.05, 4.69) is 15.4 Å². The lowest BCUT2D eigenvalue weighted by molar-refractivity contribution is -0.142. The van der Waals surface area contributed by atoms with Crippen molar-refractivity contribution in [3.63, 3.8) is 0 Å². The maximum Gasteiger partial charge on any atom is 0.481 e. The minimum absolute atomic E-state index is 0.223. The van der Waals surface area contributed by atoms with Crippen molar-refractivity contribution in [2.45, 2.75) is 25.9 Å². The maximum absolute atomic E-state index is 11.0. The van der Waals surface area contributed by atoms with Gasteiger partial charge < -0.3 is 19.4 Å². The van der Waals surface area contributed by atoms with E-state index in [0.29, 0.717) is 6.42 Å². The smallest absolute Gasteiger partial charge is 0.460 e. The Morgan fingerprint density at radius 2 is 1.95 bits per heavy atom. The highest BCUT2D eigenvalue weighted by Gasteiger charge is 2.32. The number of esters is 1. The summed E-state index contributed by atoms with van der Waals surface area (Å²) in [5.74, 6) is -0.592. The Morgan fingerprint density at radius 1 is 1.37 bits per heavy atom. The monoisotopic (exact) mass is 318 g/mol. The van der Waals surface area contributed by atoms with Crippen LogP contribution in [0.3, 0.4) is 0 Å². The molecule has 0 rings (SSSR count). The third-order valence-electron chi connectivity index (χ3n) is 1.70. The molecule has 0 aliphatic rings. The van der Waals surface area contributed by atoms with Crippen molar-refractivity contribution in [2.24, 2.45) is 0 Å². The van der Waals surface area contributed by atoms with Gasteiger partial charge in [-0.15, -0.1) is 0 Å². The summed E-state index contributed by atoms with van der Waals surface area (Å²) >= 11 is 0. The van der Waals surface area contributed by atoms with Crippen LogP contribution in [0.5, 0.6) is 0 Å². The van der Waals surface area contributed by atoms with E-state index >= 15 is 0 Å². The van der Waals surface area contributed by atoms with Crippen LogP contribution in [0, 0.1) is 0 Å². The van der Waals surface area contributed by atoms with E-state index in [9.17, 15) is 13.9 Å². The lowest BCUT2D eigenvalue weighted by atomic mass is 10.2. The van der Waals surface area contributed by atoms with Crippen molar-refractivity contribution < 1.29 is 42.2 Å². The molecule has 0 bridgehead atoms. The largest absolute Gasteiger partial charge is 0.481 e. The molecule has 0 saturated heterocycles. The van der Waals surface area contributed by atoms with Gasteiger partial charge in [0.2, 0.25) is 0 Å². The molecule has 2 unspecified atom stereocenters. The van der Waals surface area contributed by atoms with Crippen molar-refractivity contribution in [3.05, 3.63) is 12.7 Å². The Bertz CT molecular complexity index is 401. The maximum atomic E-state index is 11.0. The molecule has 0 aromatic heterocycles. The number of phosphoric ester groups is 1. The van der Waals surface area contributed by atoms with E-state index in [4.69, 9.17) is 19.4 Å². The van der Waals surface area contributed by atoms with Gasteiger partial charge in [0.25, 0.3) is 0 Å². The zero-order chi connectivity index (χ0) is 15.1. The third-order valence-corrected chi connectivity index (χ3v) is 3.89.